The summed E-state index contributed by atoms with van der Waals surface area (Å²) in [6.45, 7) is 0.456. The number of nitriles is 1. The average molecular weight is 310 g/mol. The van der Waals surface area contributed by atoms with Crippen molar-refractivity contribution in [2.24, 2.45) is 7.05 Å². The highest BCUT2D eigenvalue weighted by Gasteiger charge is 2.09. The summed E-state index contributed by atoms with van der Waals surface area (Å²) in [5, 5.41) is 15.9. The first kappa shape index (κ1) is 16.3. The van der Waals surface area contributed by atoms with E-state index < -0.39 is 0 Å². The van der Waals surface area contributed by atoms with Gasteiger partial charge >= 0.3 is 0 Å². The molecule has 0 bridgehead atoms. The second-order valence-corrected chi connectivity index (χ2v) is 4.97. The van der Waals surface area contributed by atoms with E-state index in [1.54, 1.807) is 31.2 Å². The molecule has 0 unspecified atom stereocenters. The quantitative estimate of drug-likeness (QED) is 0.650. The van der Waals surface area contributed by atoms with Crippen LogP contribution in [0.4, 0.5) is 0 Å². The second kappa shape index (κ2) is 7.80. The Morgan fingerprint density at radius 1 is 1.43 bits per heavy atom. The second-order valence-electron chi connectivity index (χ2n) is 4.97. The molecule has 0 atom stereocenters. The van der Waals surface area contributed by atoms with Gasteiger partial charge in [-0.05, 0) is 30.2 Å². The Bertz CT molecular complexity index is 739. The highest BCUT2D eigenvalue weighted by atomic mass is 16.5. The molecule has 0 spiro atoms. The fraction of sp³-hybridized carbons (Fsp3) is 0.235. The topological polar surface area (TPSA) is 79.9 Å². The molecule has 2 rings (SSSR count). The Kier molecular flexibility index (Phi) is 5.53. The van der Waals surface area contributed by atoms with E-state index in [1.165, 1.54) is 6.08 Å². The summed E-state index contributed by atoms with van der Waals surface area (Å²) in [5.41, 5.74) is 1.86. The minimum atomic E-state index is -0.384. The summed E-state index contributed by atoms with van der Waals surface area (Å²) >= 11 is 0. The Hall–Kier alpha value is -3.07. The molecule has 6 nitrogen and oxygen atoms in total. The predicted molar refractivity (Wildman–Crippen MR) is 86.5 cm³/mol. The fourth-order valence-corrected chi connectivity index (χ4v) is 2.04. The molecule has 0 radical (unpaired) electrons. The molecule has 0 saturated heterocycles. The summed E-state index contributed by atoms with van der Waals surface area (Å²) in [6, 6.07) is 9.56. The van der Waals surface area contributed by atoms with Gasteiger partial charge in [0, 0.05) is 25.4 Å². The van der Waals surface area contributed by atoms with Crippen LogP contribution in [0, 0.1) is 11.3 Å². The molecule has 0 aliphatic rings. The first-order valence-corrected chi connectivity index (χ1v) is 7.14. The SMILES string of the molecule is COc1ccc(CCNC(=O)/C(C#N)=C\c2cnn(C)c2)cc1. The van der Waals surface area contributed by atoms with Crippen LogP contribution in [0.5, 0.6) is 5.75 Å². The Labute approximate surface area is 135 Å². The van der Waals surface area contributed by atoms with Gasteiger partial charge in [0.2, 0.25) is 0 Å². The molecule has 0 aliphatic heterocycles. The van der Waals surface area contributed by atoms with Gasteiger partial charge in [0.25, 0.3) is 5.91 Å². The van der Waals surface area contributed by atoms with Crippen LogP contribution in [-0.4, -0.2) is 29.3 Å². The number of methoxy groups -OCH3 is 1. The molecule has 1 aromatic carbocycles. The van der Waals surface area contributed by atoms with E-state index >= 15 is 0 Å². The van der Waals surface area contributed by atoms with Gasteiger partial charge < -0.3 is 10.1 Å². The Morgan fingerprint density at radius 3 is 2.74 bits per heavy atom. The molecular weight excluding hydrogens is 292 g/mol. The van der Waals surface area contributed by atoms with Gasteiger partial charge in [0.15, 0.2) is 0 Å². The lowest BCUT2D eigenvalue weighted by molar-refractivity contribution is -0.117. The summed E-state index contributed by atoms with van der Waals surface area (Å²) in [5.74, 6) is 0.411. The van der Waals surface area contributed by atoms with Gasteiger partial charge in [0.05, 0.1) is 13.3 Å². The van der Waals surface area contributed by atoms with Gasteiger partial charge in [-0.15, -0.1) is 0 Å². The third kappa shape index (κ3) is 4.71. The summed E-state index contributed by atoms with van der Waals surface area (Å²) in [4.78, 5) is 12.0. The Balaban J connectivity index is 1.90. The number of aromatic nitrogens is 2. The number of hydrogen-bond acceptors (Lipinski definition) is 4. The van der Waals surface area contributed by atoms with Gasteiger partial charge in [-0.2, -0.15) is 10.4 Å². The van der Waals surface area contributed by atoms with Crippen molar-refractivity contribution in [2.75, 3.05) is 13.7 Å². The zero-order valence-electron chi connectivity index (χ0n) is 13.1. The number of ether oxygens (including phenoxy) is 1. The normalized spacial score (nSPS) is 10.9. The summed E-state index contributed by atoms with van der Waals surface area (Å²) < 4.78 is 6.71. The first-order valence-electron chi connectivity index (χ1n) is 7.14. The number of aryl methyl sites for hydroxylation is 1. The third-order valence-corrected chi connectivity index (χ3v) is 3.26. The molecule has 1 amide bonds. The standard InChI is InChI=1S/C17H18N4O2/c1-21-12-14(11-20-21)9-15(10-18)17(22)19-8-7-13-3-5-16(23-2)6-4-13/h3-6,9,11-12H,7-8H2,1-2H3,(H,19,22)/b15-9-. The number of amides is 1. The monoisotopic (exact) mass is 310 g/mol. The van der Waals surface area contributed by atoms with Crippen LogP contribution < -0.4 is 10.1 Å². The van der Waals surface area contributed by atoms with Crippen LogP contribution in [-0.2, 0) is 18.3 Å². The lowest BCUT2D eigenvalue weighted by Gasteiger charge is -2.05. The molecule has 2 aromatic rings. The Morgan fingerprint density at radius 2 is 2.17 bits per heavy atom. The molecule has 0 aliphatic carbocycles. The van der Waals surface area contributed by atoms with Crippen molar-refractivity contribution in [3.63, 3.8) is 0 Å². The van der Waals surface area contributed by atoms with Crippen molar-refractivity contribution in [1.29, 1.82) is 5.26 Å². The molecule has 23 heavy (non-hydrogen) atoms. The van der Waals surface area contributed by atoms with Crippen molar-refractivity contribution >= 4 is 12.0 Å². The molecule has 0 saturated carbocycles. The highest BCUT2D eigenvalue weighted by molar-refractivity contribution is 6.01. The molecule has 1 N–H and O–H groups in total. The highest BCUT2D eigenvalue weighted by Crippen LogP contribution is 2.11. The lowest BCUT2D eigenvalue weighted by Crippen LogP contribution is -2.26. The zero-order chi connectivity index (χ0) is 16.7. The average Bonchev–Trinajstić information content (AvgIpc) is 2.98. The number of carbonyl (C=O) groups is 1. The maximum Gasteiger partial charge on any atom is 0.261 e. The summed E-state index contributed by atoms with van der Waals surface area (Å²) in [7, 11) is 3.39. The number of carbonyl (C=O) groups excluding carboxylic acids is 1. The largest absolute Gasteiger partial charge is 0.497 e. The number of benzene rings is 1. The summed E-state index contributed by atoms with van der Waals surface area (Å²) in [6.07, 6.45) is 5.54. The molecule has 6 heteroatoms. The maximum absolute atomic E-state index is 12.0. The van der Waals surface area contributed by atoms with Crippen LogP contribution in [0.1, 0.15) is 11.1 Å². The lowest BCUT2D eigenvalue weighted by atomic mass is 10.1. The van der Waals surface area contributed by atoms with Crippen LogP contribution in [0.3, 0.4) is 0 Å². The molecule has 118 valence electrons. The van der Waals surface area contributed by atoms with Crippen molar-refractivity contribution in [1.82, 2.24) is 15.1 Å². The number of hydrogen-bond donors (Lipinski definition) is 1. The van der Waals surface area contributed by atoms with Crippen LogP contribution in [0.15, 0.2) is 42.2 Å². The van der Waals surface area contributed by atoms with E-state index in [-0.39, 0.29) is 11.5 Å². The molecule has 1 aromatic heterocycles. The van der Waals surface area contributed by atoms with Gasteiger partial charge in [-0.25, -0.2) is 0 Å². The van der Waals surface area contributed by atoms with Crippen LogP contribution >= 0.6 is 0 Å². The minimum absolute atomic E-state index is 0.0627. The minimum Gasteiger partial charge on any atom is -0.497 e. The van der Waals surface area contributed by atoms with Crippen LogP contribution in [0.2, 0.25) is 0 Å². The molecule has 1 heterocycles. The van der Waals surface area contributed by atoms with E-state index in [2.05, 4.69) is 10.4 Å². The fourth-order valence-electron chi connectivity index (χ4n) is 2.04. The predicted octanol–water partition coefficient (Wildman–Crippen LogP) is 1.69. The number of nitrogens with one attached hydrogen (secondary N) is 1. The van der Waals surface area contributed by atoms with Gasteiger partial charge in [-0.3, -0.25) is 9.48 Å². The smallest absolute Gasteiger partial charge is 0.261 e. The number of rotatable bonds is 6. The molecular formula is C17H18N4O2. The van der Waals surface area contributed by atoms with Crippen molar-refractivity contribution in [2.45, 2.75) is 6.42 Å². The van der Waals surface area contributed by atoms with Gasteiger partial charge in [0.1, 0.15) is 17.4 Å². The van der Waals surface area contributed by atoms with E-state index in [4.69, 9.17) is 10.00 Å². The van der Waals surface area contributed by atoms with E-state index in [9.17, 15) is 4.79 Å². The maximum atomic E-state index is 12.0. The van der Waals surface area contributed by atoms with Gasteiger partial charge in [-0.1, -0.05) is 12.1 Å². The number of nitrogens with zero attached hydrogens (tertiary/aromatic N) is 3. The van der Waals surface area contributed by atoms with E-state index in [0.29, 0.717) is 18.5 Å². The van der Waals surface area contributed by atoms with E-state index in [1.807, 2.05) is 30.3 Å². The molecule has 0 fully saturated rings. The van der Waals surface area contributed by atoms with Crippen molar-refractivity contribution < 1.29 is 9.53 Å². The van der Waals surface area contributed by atoms with E-state index in [0.717, 1.165) is 11.3 Å². The van der Waals surface area contributed by atoms with Crippen molar-refractivity contribution in [3.05, 3.63) is 53.4 Å². The third-order valence-electron chi connectivity index (χ3n) is 3.26. The first-order chi connectivity index (χ1) is 11.1. The zero-order valence-corrected chi connectivity index (χ0v) is 13.1. The van der Waals surface area contributed by atoms with Crippen LogP contribution in [0.25, 0.3) is 6.08 Å². The van der Waals surface area contributed by atoms with Crippen molar-refractivity contribution in [3.8, 4) is 11.8 Å².